The van der Waals surface area contributed by atoms with Crippen molar-refractivity contribution in [3.05, 3.63) is 76.5 Å². The van der Waals surface area contributed by atoms with E-state index in [2.05, 4.69) is 10.6 Å². The molecule has 6 nitrogen and oxygen atoms in total. The Balaban J connectivity index is 1.55. The van der Waals surface area contributed by atoms with Crippen molar-refractivity contribution in [1.82, 2.24) is 5.32 Å². The second kappa shape index (κ2) is 8.79. The van der Waals surface area contributed by atoms with E-state index in [-0.39, 0.29) is 11.8 Å². The van der Waals surface area contributed by atoms with Gasteiger partial charge in [-0.05, 0) is 29.1 Å². The van der Waals surface area contributed by atoms with Gasteiger partial charge in [-0.2, -0.15) is 0 Å². The number of anilines is 1. The number of carbonyl (C=O) groups is 2. The molecule has 1 atom stereocenters. The first-order valence-electron chi connectivity index (χ1n) is 9.28. The quantitative estimate of drug-likeness (QED) is 0.655. The Morgan fingerprint density at radius 2 is 1.79 bits per heavy atom. The summed E-state index contributed by atoms with van der Waals surface area (Å²) in [4.78, 5) is 26.2. The Kier molecular flexibility index (Phi) is 5.76. The summed E-state index contributed by atoms with van der Waals surface area (Å²) in [5, 5.41) is 7.57. The van der Waals surface area contributed by atoms with Crippen molar-refractivity contribution in [2.45, 2.75) is 12.5 Å². The number of ether oxygens (including phenoxy) is 2. The second-order valence-corrected chi connectivity index (χ2v) is 7.46. The first-order chi connectivity index (χ1) is 14.2. The zero-order valence-electron chi connectivity index (χ0n) is 15.6. The highest BCUT2D eigenvalue weighted by Crippen LogP contribution is 2.37. The summed E-state index contributed by atoms with van der Waals surface area (Å²) >= 11 is 1.33. The minimum atomic E-state index is -0.743. The molecule has 2 N–H and O–H groups in total. The minimum absolute atomic E-state index is 0.272. The Morgan fingerprint density at radius 3 is 2.59 bits per heavy atom. The predicted octanol–water partition coefficient (Wildman–Crippen LogP) is 3.50. The van der Waals surface area contributed by atoms with Gasteiger partial charge in [0, 0.05) is 6.42 Å². The summed E-state index contributed by atoms with van der Waals surface area (Å²) in [7, 11) is 0. The van der Waals surface area contributed by atoms with Gasteiger partial charge in [0.1, 0.15) is 19.3 Å². The molecule has 1 aliphatic heterocycles. The average molecular weight is 408 g/mol. The Labute approximate surface area is 172 Å². The van der Waals surface area contributed by atoms with E-state index < -0.39 is 6.04 Å². The molecule has 1 unspecified atom stereocenters. The third-order valence-electron chi connectivity index (χ3n) is 4.47. The van der Waals surface area contributed by atoms with Crippen LogP contribution in [-0.4, -0.2) is 31.1 Å². The predicted molar refractivity (Wildman–Crippen MR) is 112 cm³/mol. The minimum Gasteiger partial charge on any atom is -0.486 e. The molecule has 148 valence electrons. The Morgan fingerprint density at radius 1 is 0.966 bits per heavy atom. The van der Waals surface area contributed by atoms with Crippen molar-refractivity contribution >= 4 is 28.8 Å². The van der Waals surface area contributed by atoms with Crippen LogP contribution in [0.5, 0.6) is 11.5 Å². The maximum Gasteiger partial charge on any atom is 0.262 e. The van der Waals surface area contributed by atoms with Gasteiger partial charge in [-0.25, -0.2) is 0 Å². The van der Waals surface area contributed by atoms with Crippen LogP contribution in [0.15, 0.2) is 66.0 Å². The molecule has 0 radical (unpaired) electrons. The first-order valence-corrected chi connectivity index (χ1v) is 10.2. The molecule has 3 aromatic rings. The van der Waals surface area contributed by atoms with Gasteiger partial charge < -0.3 is 20.1 Å². The molecule has 1 aliphatic rings. The molecule has 7 heteroatoms. The summed E-state index contributed by atoms with van der Waals surface area (Å²) in [5.74, 6) is 0.513. The van der Waals surface area contributed by atoms with Gasteiger partial charge in [0.15, 0.2) is 11.5 Å². The van der Waals surface area contributed by atoms with Crippen molar-refractivity contribution in [3.63, 3.8) is 0 Å². The normalized spacial score (nSPS) is 13.4. The summed E-state index contributed by atoms with van der Waals surface area (Å²) in [6, 6.07) is 17.7. The van der Waals surface area contributed by atoms with Crippen molar-refractivity contribution < 1.29 is 19.1 Å². The van der Waals surface area contributed by atoms with Crippen molar-refractivity contribution in [2.24, 2.45) is 0 Å². The highest BCUT2D eigenvalue weighted by molar-refractivity contribution is 7.12. The number of amides is 2. The van der Waals surface area contributed by atoms with Crippen LogP contribution in [0.2, 0.25) is 0 Å². The number of hydrogen-bond donors (Lipinski definition) is 2. The number of para-hydroxylation sites is 1. The van der Waals surface area contributed by atoms with E-state index in [1.54, 1.807) is 30.3 Å². The van der Waals surface area contributed by atoms with Crippen LogP contribution in [0.1, 0.15) is 15.2 Å². The Bertz CT molecular complexity index is 989. The second-order valence-electron chi connectivity index (χ2n) is 6.51. The Hall–Kier alpha value is -3.32. The lowest BCUT2D eigenvalue weighted by atomic mass is 10.0. The SMILES string of the molecule is O=C(NC(Cc1ccccc1)C(=O)Nc1cccc2c1OCCO2)c1cccs1. The molecule has 4 rings (SSSR count). The van der Waals surface area contributed by atoms with Gasteiger partial charge in [-0.3, -0.25) is 9.59 Å². The van der Waals surface area contributed by atoms with Gasteiger partial charge in [0.2, 0.25) is 5.91 Å². The van der Waals surface area contributed by atoms with E-state index in [0.29, 0.717) is 41.7 Å². The molecule has 0 aliphatic carbocycles. The van der Waals surface area contributed by atoms with Crippen molar-refractivity contribution in [2.75, 3.05) is 18.5 Å². The van der Waals surface area contributed by atoms with Crippen LogP contribution < -0.4 is 20.1 Å². The fraction of sp³-hybridized carbons (Fsp3) is 0.182. The van der Waals surface area contributed by atoms with Gasteiger partial charge in [0.25, 0.3) is 5.91 Å². The molecule has 2 heterocycles. The van der Waals surface area contributed by atoms with E-state index in [1.807, 2.05) is 35.7 Å². The smallest absolute Gasteiger partial charge is 0.262 e. The topological polar surface area (TPSA) is 76.7 Å². The largest absolute Gasteiger partial charge is 0.486 e. The average Bonchev–Trinajstić information content (AvgIpc) is 3.29. The molecule has 0 bridgehead atoms. The maximum atomic E-state index is 13.1. The van der Waals surface area contributed by atoms with Gasteiger partial charge in [0.05, 0.1) is 10.6 Å². The number of benzene rings is 2. The molecule has 2 amide bonds. The summed E-state index contributed by atoms with van der Waals surface area (Å²) in [6.45, 7) is 0.889. The van der Waals surface area contributed by atoms with Crippen LogP contribution in [-0.2, 0) is 11.2 Å². The molecule has 2 aromatic carbocycles. The van der Waals surface area contributed by atoms with Crippen molar-refractivity contribution in [1.29, 1.82) is 0 Å². The zero-order chi connectivity index (χ0) is 20.1. The van der Waals surface area contributed by atoms with Crippen LogP contribution in [0.3, 0.4) is 0 Å². The lowest BCUT2D eigenvalue weighted by Crippen LogP contribution is -2.45. The monoisotopic (exact) mass is 408 g/mol. The van der Waals surface area contributed by atoms with Crippen LogP contribution in [0, 0.1) is 0 Å². The molecule has 1 aromatic heterocycles. The summed E-state index contributed by atoms with van der Waals surface area (Å²) in [6.07, 6.45) is 0.371. The number of rotatable bonds is 6. The number of nitrogens with one attached hydrogen (secondary N) is 2. The lowest BCUT2D eigenvalue weighted by Gasteiger charge is -2.23. The zero-order valence-corrected chi connectivity index (χ0v) is 16.4. The number of thiophene rings is 1. The van der Waals surface area contributed by atoms with E-state index in [0.717, 1.165) is 5.56 Å². The molecule has 0 saturated carbocycles. The fourth-order valence-corrected chi connectivity index (χ4v) is 3.72. The van der Waals surface area contributed by atoms with E-state index >= 15 is 0 Å². The first kappa shape index (κ1) is 19.0. The maximum absolute atomic E-state index is 13.1. The van der Waals surface area contributed by atoms with Gasteiger partial charge in [-0.15, -0.1) is 11.3 Å². The molecular formula is C22H20N2O4S. The van der Waals surface area contributed by atoms with E-state index in [1.165, 1.54) is 11.3 Å². The highest BCUT2D eigenvalue weighted by Gasteiger charge is 2.25. The number of fused-ring (bicyclic) bond motifs is 1. The van der Waals surface area contributed by atoms with E-state index in [9.17, 15) is 9.59 Å². The van der Waals surface area contributed by atoms with Gasteiger partial charge in [-0.1, -0.05) is 42.5 Å². The molecule has 0 saturated heterocycles. The molecule has 0 spiro atoms. The van der Waals surface area contributed by atoms with Gasteiger partial charge >= 0.3 is 0 Å². The van der Waals surface area contributed by atoms with Crippen molar-refractivity contribution in [3.8, 4) is 11.5 Å². The standard InChI is InChI=1S/C22H20N2O4S/c25-21(23-16-8-4-9-18-20(16)28-12-11-27-18)17(14-15-6-2-1-3-7-15)24-22(26)19-10-5-13-29-19/h1-10,13,17H,11-12,14H2,(H,23,25)(H,24,26). The highest BCUT2D eigenvalue weighted by atomic mass is 32.1. The number of hydrogen-bond acceptors (Lipinski definition) is 5. The van der Waals surface area contributed by atoms with Crippen LogP contribution in [0.4, 0.5) is 5.69 Å². The fourth-order valence-electron chi connectivity index (χ4n) is 3.09. The molecular weight excluding hydrogens is 388 g/mol. The summed E-state index contributed by atoms with van der Waals surface area (Å²) < 4.78 is 11.2. The van der Waals surface area contributed by atoms with Crippen LogP contribution in [0.25, 0.3) is 0 Å². The van der Waals surface area contributed by atoms with E-state index in [4.69, 9.17) is 9.47 Å². The molecule has 0 fully saturated rings. The lowest BCUT2D eigenvalue weighted by molar-refractivity contribution is -0.118. The third-order valence-corrected chi connectivity index (χ3v) is 5.34. The summed E-state index contributed by atoms with van der Waals surface area (Å²) in [5.41, 5.74) is 1.48. The third kappa shape index (κ3) is 4.57. The van der Waals surface area contributed by atoms with Crippen LogP contribution >= 0.6 is 11.3 Å². The molecule has 29 heavy (non-hydrogen) atoms. The number of carbonyl (C=O) groups excluding carboxylic acids is 2.